The highest BCUT2D eigenvalue weighted by Crippen LogP contribution is 2.18. The average molecular weight is 329 g/mol. The van der Waals surface area contributed by atoms with Crippen molar-refractivity contribution in [2.45, 2.75) is 17.5 Å². The van der Waals surface area contributed by atoms with Gasteiger partial charge in [0.2, 0.25) is 10.0 Å². The second-order valence-electron chi connectivity index (χ2n) is 4.86. The normalized spacial score (nSPS) is 12.9. The van der Waals surface area contributed by atoms with Crippen LogP contribution >= 0.6 is 0 Å². The van der Waals surface area contributed by atoms with E-state index in [9.17, 15) is 8.42 Å². The molecule has 8 heteroatoms. The molecule has 3 aromatic rings. The number of nitrogens with one attached hydrogen (secondary N) is 1. The zero-order chi connectivity index (χ0) is 16.1. The first-order valence-corrected chi connectivity index (χ1v) is 8.45. The van der Waals surface area contributed by atoms with E-state index < -0.39 is 16.1 Å². The Morgan fingerprint density at radius 1 is 1.00 bits per heavy atom. The Balaban J connectivity index is 1.90. The summed E-state index contributed by atoms with van der Waals surface area (Å²) < 4.78 is 27.8. The molecule has 0 aliphatic heterocycles. The van der Waals surface area contributed by atoms with Crippen molar-refractivity contribution >= 4 is 10.0 Å². The van der Waals surface area contributed by atoms with E-state index >= 15 is 0 Å². The molecule has 2 heterocycles. The standard InChI is InChI=1S/C15H15N5O2S/c21-23(22,14-7-4-8-16-11-14)19-15(12-20-17-9-10-18-20)13-5-2-1-3-6-13/h1-11,15,19H,12H2/t15-/m0/s1. The van der Waals surface area contributed by atoms with Crippen molar-refractivity contribution in [1.29, 1.82) is 0 Å². The average Bonchev–Trinajstić information content (AvgIpc) is 3.09. The Morgan fingerprint density at radius 3 is 2.39 bits per heavy atom. The minimum atomic E-state index is -3.69. The highest BCUT2D eigenvalue weighted by atomic mass is 32.2. The van der Waals surface area contributed by atoms with Crippen LogP contribution in [0.2, 0.25) is 0 Å². The number of pyridine rings is 1. The van der Waals surface area contributed by atoms with Gasteiger partial charge in [-0.3, -0.25) is 4.98 Å². The molecule has 1 N–H and O–H groups in total. The number of hydrogen-bond acceptors (Lipinski definition) is 5. The summed E-state index contributed by atoms with van der Waals surface area (Å²) >= 11 is 0. The predicted molar refractivity (Wildman–Crippen MR) is 83.8 cm³/mol. The molecule has 1 atom stereocenters. The summed E-state index contributed by atoms with van der Waals surface area (Å²) in [6.07, 6.45) is 5.95. The molecule has 0 aliphatic carbocycles. The Bertz CT molecular complexity index is 836. The maximum atomic E-state index is 12.5. The summed E-state index contributed by atoms with van der Waals surface area (Å²) in [5.74, 6) is 0. The van der Waals surface area contributed by atoms with E-state index in [0.717, 1.165) is 5.56 Å². The van der Waals surface area contributed by atoms with E-state index in [4.69, 9.17) is 0 Å². The summed E-state index contributed by atoms with van der Waals surface area (Å²) in [6, 6.07) is 11.9. The van der Waals surface area contributed by atoms with Crippen LogP contribution in [0.5, 0.6) is 0 Å². The fourth-order valence-corrected chi connectivity index (χ4v) is 3.34. The SMILES string of the molecule is O=S(=O)(N[C@@H](Cn1nccn1)c1ccccc1)c1cccnc1. The van der Waals surface area contributed by atoms with Crippen LogP contribution in [0.4, 0.5) is 0 Å². The van der Waals surface area contributed by atoms with Crippen molar-refractivity contribution in [2.24, 2.45) is 0 Å². The number of hydrogen-bond donors (Lipinski definition) is 1. The molecule has 0 aliphatic rings. The van der Waals surface area contributed by atoms with Gasteiger partial charge in [0.25, 0.3) is 0 Å². The highest BCUT2D eigenvalue weighted by molar-refractivity contribution is 7.89. The minimum Gasteiger partial charge on any atom is -0.263 e. The Hall–Kier alpha value is -2.58. The van der Waals surface area contributed by atoms with Crippen molar-refractivity contribution in [3.63, 3.8) is 0 Å². The molecule has 0 amide bonds. The van der Waals surface area contributed by atoms with Gasteiger partial charge in [-0.1, -0.05) is 30.3 Å². The first-order valence-electron chi connectivity index (χ1n) is 6.96. The van der Waals surface area contributed by atoms with Gasteiger partial charge < -0.3 is 0 Å². The lowest BCUT2D eigenvalue weighted by atomic mass is 10.1. The molecular formula is C15H15N5O2S. The van der Waals surface area contributed by atoms with Crippen LogP contribution in [-0.4, -0.2) is 28.4 Å². The summed E-state index contributed by atoms with van der Waals surface area (Å²) in [6.45, 7) is 0.288. The second-order valence-corrected chi connectivity index (χ2v) is 6.57. The molecule has 3 rings (SSSR count). The maximum absolute atomic E-state index is 12.5. The third-order valence-corrected chi connectivity index (χ3v) is 4.71. The molecule has 0 fully saturated rings. The van der Waals surface area contributed by atoms with Crippen LogP contribution in [0.1, 0.15) is 11.6 Å². The molecule has 0 unspecified atom stereocenters. The molecule has 1 aromatic carbocycles. The van der Waals surface area contributed by atoms with Gasteiger partial charge in [-0.2, -0.15) is 15.0 Å². The maximum Gasteiger partial charge on any atom is 0.242 e. The van der Waals surface area contributed by atoms with E-state index in [2.05, 4.69) is 19.9 Å². The van der Waals surface area contributed by atoms with E-state index in [-0.39, 0.29) is 11.4 Å². The van der Waals surface area contributed by atoms with Gasteiger partial charge in [0.05, 0.1) is 25.0 Å². The van der Waals surface area contributed by atoms with Crippen LogP contribution in [0.3, 0.4) is 0 Å². The molecule has 0 radical (unpaired) electrons. The number of aromatic nitrogens is 4. The third-order valence-electron chi connectivity index (χ3n) is 3.26. The van der Waals surface area contributed by atoms with Crippen LogP contribution in [0.15, 0.2) is 72.1 Å². The molecule has 0 spiro atoms. The molecule has 0 bridgehead atoms. The first kappa shape index (κ1) is 15.3. The van der Waals surface area contributed by atoms with E-state index in [1.54, 1.807) is 18.5 Å². The van der Waals surface area contributed by atoms with Gasteiger partial charge in [-0.05, 0) is 17.7 Å². The topological polar surface area (TPSA) is 89.8 Å². The smallest absolute Gasteiger partial charge is 0.242 e. The summed E-state index contributed by atoms with van der Waals surface area (Å²) in [5, 5.41) is 8.09. The van der Waals surface area contributed by atoms with E-state index in [0.29, 0.717) is 0 Å². The van der Waals surface area contributed by atoms with Crippen molar-refractivity contribution in [1.82, 2.24) is 24.7 Å². The third kappa shape index (κ3) is 3.79. The molecule has 7 nitrogen and oxygen atoms in total. The molecule has 23 heavy (non-hydrogen) atoms. The monoisotopic (exact) mass is 329 g/mol. The van der Waals surface area contributed by atoms with Crippen molar-refractivity contribution in [2.75, 3.05) is 0 Å². The summed E-state index contributed by atoms with van der Waals surface area (Å²) in [4.78, 5) is 5.43. The van der Waals surface area contributed by atoms with Crippen LogP contribution in [-0.2, 0) is 16.6 Å². The number of benzene rings is 1. The van der Waals surface area contributed by atoms with Crippen molar-refractivity contribution < 1.29 is 8.42 Å². The number of sulfonamides is 1. The second kappa shape index (κ2) is 6.67. The predicted octanol–water partition coefficient (Wildman–Crippen LogP) is 1.39. The summed E-state index contributed by atoms with van der Waals surface area (Å²) in [7, 11) is -3.69. The van der Waals surface area contributed by atoms with Gasteiger partial charge in [0.15, 0.2) is 0 Å². The number of rotatable bonds is 6. The lowest BCUT2D eigenvalue weighted by Gasteiger charge is -2.18. The fraction of sp³-hybridized carbons (Fsp3) is 0.133. The highest BCUT2D eigenvalue weighted by Gasteiger charge is 2.22. The fourth-order valence-electron chi connectivity index (χ4n) is 2.16. The number of nitrogens with zero attached hydrogens (tertiary/aromatic N) is 4. The molecular weight excluding hydrogens is 314 g/mol. The summed E-state index contributed by atoms with van der Waals surface area (Å²) in [5.41, 5.74) is 0.831. The van der Waals surface area contributed by atoms with Crippen molar-refractivity contribution in [3.8, 4) is 0 Å². The van der Waals surface area contributed by atoms with Crippen LogP contribution in [0, 0.1) is 0 Å². The first-order chi connectivity index (χ1) is 11.1. The lowest BCUT2D eigenvalue weighted by Crippen LogP contribution is -2.32. The molecule has 0 saturated carbocycles. The lowest BCUT2D eigenvalue weighted by molar-refractivity contribution is 0.444. The van der Waals surface area contributed by atoms with Crippen LogP contribution in [0.25, 0.3) is 0 Å². The van der Waals surface area contributed by atoms with E-state index in [1.165, 1.54) is 23.3 Å². The van der Waals surface area contributed by atoms with Gasteiger partial charge >= 0.3 is 0 Å². The van der Waals surface area contributed by atoms with Crippen molar-refractivity contribution in [3.05, 3.63) is 72.8 Å². The Morgan fingerprint density at radius 2 is 1.74 bits per heavy atom. The zero-order valence-electron chi connectivity index (χ0n) is 12.1. The zero-order valence-corrected chi connectivity index (χ0v) is 13.0. The quantitative estimate of drug-likeness (QED) is 0.738. The van der Waals surface area contributed by atoms with Crippen LogP contribution < -0.4 is 4.72 Å². The van der Waals surface area contributed by atoms with Gasteiger partial charge in [0, 0.05) is 12.4 Å². The van der Waals surface area contributed by atoms with Gasteiger partial charge in [0.1, 0.15) is 4.90 Å². The van der Waals surface area contributed by atoms with E-state index in [1.807, 2.05) is 30.3 Å². The molecule has 2 aromatic heterocycles. The molecule has 118 valence electrons. The minimum absolute atomic E-state index is 0.120. The Labute approximate surface area is 134 Å². The Kier molecular flexibility index (Phi) is 4.45. The van der Waals surface area contributed by atoms with Gasteiger partial charge in [-0.15, -0.1) is 0 Å². The largest absolute Gasteiger partial charge is 0.263 e. The van der Waals surface area contributed by atoms with Gasteiger partial charge in [-0.25, -0.2) is 13.1 Å². The molecule has 0 saturated heterocycles.